The highest BCUT2D eigenvalue weighted by molar-refractivity contribution is 7.20. The van der Waals surface area contributed by atoms with Gasteiger partial charge >= 0.3 is 0 Å². The minimum Gasteiger partial charge on any atom is -0.469 e. The molecule has 1 N–H and O–H groups in total. The first-order valence-corrected chi connectivity index (χ1v) is 8.99. The van der Waals surface area contributed by atoms with Crippen LogP contribution in [0, 0.1) is 12.7 Å². The Morgan fingerprint density at radius 2 is 2.12 bits per heavy atom. The number of furan rings is 1. The molecule has 0 saturated heterocycles. The summed E-state index contributed by atoms with van der Waals surface area (Å²) < 4.78 is 20.2. The van der Waals surface area contributed by atoms with Crippen molar-refractivity contribution in [3.05, 3.63) is 70.9 Å². The van der Waals surface area contributed by atoms with Crippen molar-refractivity contribution < 1.29 is 13.6 Å². The number of hydrogen-bond donors (Lipinski definition) is 1. The number of thiophene rings is 1. The number of fused-ring (bicyclic) bond motifs is 1. The van der Waals surface area contributed by atoms with E-state index in [2.05, 4.69) is 10.4 Å². The van der Waals surface area contributed by atoms with E-state index in [1.807, 2.05) is 25.1 Å². The van der Waals surface area contributed by atoms with Crippen LogP contribution in [0.25, 0.3) is 15.9 Å². The number of amides is 1. The third-order valence-electron chi connectivity index (χ3n) is 4.08. The van der Waals surface area contributed by atoms with Crippen molar-refractivity contribution >= 4 is 27.5 Å². The Morgan fingerprint density at radius 3 is 2.85 bits per heavy atom. The molecule has 3 heterocycles. The topological polar surface area (TPSA) is 60.1 Å². The zero-order valence-electron chi connectivity index (χ0n) is 14.0. The summed E-state index contributed by atoms with van der Waals surface area (Å²) >= 11 is 1.37. The average molecular weight is 369 g/mol. The van der Waals surface area contributed by atoms with Crippen molar-refractivity contribution in [3.63, 3.8) is 0 Å². The SMILES string of the molecule is Cc1nn(-c2ccc(F)cc2)c2sc(C(=O)NCCc3ccco3)cc12. The van der Waals surface area contributed by atoms with Crippen LogP contribution < -0.4 is 5.32 Å². The summed E-state index contributed by atoms with van der Waals surface area (Å²) in [5.41, 5.74) is 1.59. The quantitative estimate of drug-likeness (QED) is 0.576. The van der Waals surface area contributed by atoms with Crippen molar-refractivity contribution in [3.8, 4) is 5.69 Å². The minimum atomic E-state index is -0.295. The van der Waals surface area contributed by atoms with Crippen LogP contribution in [0.4, 0.5) is 4.39 Å². The van der Waals surface area contributed by atoms with Gasteiger partial charge in [-0.2, -0.15) is 5.10 Å². The van der Waals surface area contributed by atoms with Gasteiger partial charge in [0, 0.05) is 18.4 Å². The molecule has 26 heavy (non-hydrogen) atoms. The Kier molecular flexibility index (Phi) is 4.30. The van der Waals surface area contributed by atoms with E-state index in [9.17, 15) is 9.18 Å². The van der Waals surface area contributed by atoms with Crippen molar-refractivity contribution in [2.75, 3.05) is 6.54 Å². The molecule has 0 aliphatic rings. The van der Waals surface area contributed by atoms with Gasteiger partial charge in [0.1, 0.15) is 16.4 Å². The van der Waals surface area contributed by atoms with Crippen LogP contribution in [0.2, 0.25) is 0 Å². The molecule has 132 valence electrons. The van der Waals surface area contributed by atoms with Crippen LogP contribution in [0.1, 0.15) is 21.1 Å². The molecule has 0 spiro atoms. The number of aryl methyl sites for hydroxylation is 1. The predicted octanol–water partition coefficient (Wildman–Crippen LogP) is 4.10. The van der Waals surface area contributed by atoms with Crippen molar-refractivity contribution in [1.82, 2.24) is 15.1 Å². The summed E-state index contributed by atoms with van der Waals surface area (Å²) in [5, 5.41) is 8.34. The number of rotatable bonds is 5. The summed E-state index contributed by atoms with van der Waals surface area (Å²) in [7, 11) is 0. The van der Waals surface area contributed by atoms with E-state index in [4.69, 9.17) is 4.42 Å². The first-order chi connectivity index (χ1) is 12.6. The number of nitrogens with zero attached hydrogens (tertiary/aromatic N) is 2. The third-order valence-corrected chi connectivity index (χ3v) is 5.19. The molecule has 7 heteroatoms. The molecule has 0 aliphatic heterocycles. The number of nitrogens with one attached hydrogen (secondary N) is 1. The van der Waals surface area contributed by atoms with E-state index < -0.39 is 0 Å². The second-order valence-corrected chi connectivity index (χ2v) is 6.92. The molecule has 0 atom stereocenters. The smallest absolute Gasteiger partial charge is 0.261 e. The summed E-state index contributed by atoms with van der Waals surface area (Å²) in [5.74, 6) is 0.420. The summed E-state index contributed by atoms with van der Waals surface area (Å²) in [6, 6.07) is 11.7. The van der Waals surface area contributed by atoms with E-state index in [-0.39, 0.29) is 11.7 Å². The first-order valence-electron chi connectivity index (χ1n) is 8.17. The lowest BCUT2D eigenvalue weighted by Gasteiger charge is -2.03. The zero-order valence-corrected chi connectivity index (χ0v) is 14.8. The Bertz CT molecular complexity index is 1050. The second-order valence-electron chi connectivity index (χ2n) is 5.89. The van der Waals surface area contributed by atoms with Gasteiger partial charge in [0.05, 0.1) is 22.5 Å². The molecule has 0 bridgehead atoms. The maximum absolute atomic E-state index is 13.2. The molecule has 4 rings (SSSR count). The van der Waals surface area contributed by atoms with Gasteiger partial charge in [-0.1, -0.05) is 0 Å². The number of hydrogen-bond acceptors (Lipinski definition) is 4. The summed E-state index contributed by atoms with van der Waals surface area (Å²) in [4.78, 5) is 13.9. The summed E-state index contributed by atoms with van der Waals surface area (Å²) in [6.07, 6.45) is 2.26. The Morgan fingerprint density at radius 1 is 1.31 bits per heavy atom. The maximum atomic E-state index is 13.2. The molecular weight excluding hydrogens is 353 g/mol. The highest BCUT2D eigenvalue weighted by Crippen LogP contribution is 2.30. The average Bonchev–Trinajstić information content (AvgIpc) is 3.34. The van der Waals surface area contributed by atoms with Crippen LogP contribution in [0.15, 0.2) is 53.1 Å². The molecule has 3 aromatic heterocycles. The molecule has 5 nitrogen and oxygen atoms in total. The summed E-state index contributed by atoms with van der Waals surface area (Å²) in [6.45, 7) is 2.40. The van der Waals surface area contributed by atoms with Gasteiger partial charge in [0.25, 0.3) is 5.91 Å². The Hall–Kier alpha value is -2.93. The fourth-order valence-electron chi connectivity index (χ4n) is 2.76. The lowest BCUT2D eigenvalue weighted by Crippen LogP contribution is -2.24. The second kappa shape index (κ2) is 6.76. The number of aromatic nitrogens is 2. The largest absolute Gasteiger partial charge is 0.469 e. The maximum Gasteiger partial charge on any atom is 0.261 e. The van der Waals surface area contributed by atoms with Crippen LogP contribution in [0.5, 0.6) is 0 Å². The van der Waals surface area contributed by atoms with Gasteiger partial charge < -0.3 is 9.73 Å². The normalized spacial score (nSPS) is 11.2. The van der Waals surface area contributed by atoms with Gasteiger partial charge in [0.2, 0.25) is 0 Å². The van der Waals surface area contributed by atoms with E-state index in [0.717, 1.165) is 27.4 Å². The molecular formula is C19H16FN3O2S. The number of carbonyl (C=O) groups is 1. The van der Waals surface area contributed by atoms with Gasteiger partial charge in [0.15, 0.2) is 0 Å². The third kappa shape index (κ3) is 3.13. The van der Waals surface area contributed by atoms with E-state index in [1.165, 1.54) is 23.5 Å². The van der Waals surface area contributed by atoms with E-state index in [1.54, 1.807) is 23.1 Å². The van der Waals surface area contributed by atoms with Crippen molar-refractivity contribution in [2.45, 2.75) is 13.3 Å². The van der Waals surface area contributed by atoms with E-state index >= 15 is 0 Å². The van der Waals surface area contributed by atoms with Crippen LogP contribution in [-0.2, 0) is 6.42 Å². The lowest BCUT2D eigenvalue weighted by atomic mass is 10.3. The lowest BCUT2D eigenvalue weighted by molar-refractivity contribution is 0.0958. The predicted molar refractivity (Wildman–Crippen MR) is 98.4 cm³/mol. The highest BCUT2D eigenvalue weighted by atomic mass is 32.1. The Balaban J connectivity index is 1.56. The number of carbonyl (C=O) groups excluding carboxylic acids is 1. The zero-order chi connectivity index (χ0) is 18.1. The Labute approximate surface area is 153 Å². The van der Waals surface area contributed by atoms with Crippen molar-refractivity contribution in [2.24, 2.45) is 0 Å². The van der Waals surface area contributed by atoms with Crippen LogP contribution >= 0.6 is 11.3 Å². The molecule has 0 fully saturated rings. The molecule has 0 aliphatic carbocycles. The fraction of sp³-hybridized carbons (Fsp3) is 0.158. The van der Waals surface area contributed by atoms with Crippen molar-refractivity contribution in [1.29, 1.82) is 0 Å². The molecule has 0 unspecified atom stereocenters. The van der Waals surface area contributed by atoms with Gasteiger partial charge in [-0.05, 0) is 49.4 Å². The van der Waals surface area contributed by atoms with Crippen LogP contribution in [0.3, 0.4) is 0 Å². The van der Waals surface area contributed by atoms with Gasteiger partial charge in [-0.15, -0.1) is 11.3 Å². The van der Waals surface area contributed by atoms with Gasteiger partial charge in [-0.25, -0.2) is 9.07 Å². The minimum absolute atomic E-state index is 0.122. The molecule has 1 amide bonds. The number of benzene rings is 1. The van der Waals surface area contributed by atoms with Gasteiger partial charge in [-0.3, -0.25) is 4.79 Å². The monoisotopic (exact) mass is 369 g/mol. The molecule has 0 saturated carbocycles. The molecule has 4 aromatic rings. The first kappa shape index (κ1) is 16.5. The highest BCUT2D eigenvalue weighted by Gasteiger charge is 2.17. The molecule has 1 aromatic carbocycles. The van der Waals surface area contributed by atoms with Crippen LogP contribution in [-0.4, -0.2) is 22.2 Å². The number of halogens is 1. The fourth-order valence-corrected chi connectivity index (χ4v) is 3.86. The standard InChI is InChI=1S/C19H16FN3O2S/c1-12-16-11-17(18(24)21-9-8-15-3-2-10-25-15)26-19(16)23(22-12)14-6-4-13(20)5-7-14/h2-7,10-11H,8-9H2,1H3,(H,21,24). The molecule has 0 radical (unpaired) electrons. The van der Waals surface area contributed by atoms with E-state index in [0.29, 0.717) is 17.8 Å².